The largest absolute Gasteiger partial charge is 0.345 e. The van der Waals surface area contributed by atoms with Gasteiger partial charge in [0.05, 0.1) is 19.1 Å². The first-order chi connectivity index (χ1) is 9.06. The molecule has 1 saturated heterocycles. The number of likely N-dealkylation sites (tertiary alicyclic amines) is 1. The van der Waals surface area contributed by atoms with Crippen LogP contribution in [0.5, 0.6) is 0 Å². The Labute approximate surface area is 123 Å². The summed E-state index contributed by atoms with van der Waals surface area (Å²) in [4.78, 5) is 13.3. The van der Waals surface area contributed by atoms with Crippen LogP contribution in [0.2, 0.25) is 10.0 Å². The second-order valence-electron chi connectivity index (χ2n) is 5.09. The first-order valence-electron chi connectivity index (χ1n) is 6.64. The second kappa shape index (κ2) is 6.60. The average molecular weight is 302 g/mol. The van der Waals surface area contributed by atoms with E-state index < -0.39 is 0 Å². The van der Waals surface area contributed by atoms with Gasteiger partial charge in [0, 0.05) is 22.9 Å². The molecule has 1 aromatic rings. The minimum absolute atomic E-state index is 0.0791. The zero-order valence-corrected chi connectivity index (χ0v) is 12.5. The highest BCUT2D eigenvalue weighted by Crippen LogP contribution is 2.25. The Morgan fingerprint density at radius 3 is 2.68 bits per heavy atom. The van der Waals surface area contributed by atoms with E-state index in [1.54, 1.807) is 12.1 Å². The van der Waals surface area contributed by atoms with Crippen LogP contribution in [0.1, 0.15) is 31.4 Å². The molecule has 1 aliphatic heterocycles. The SMILES string of the molecule is C[C@@H](NC(=O)C[NH+]1CCCC1)c1ccc(Cl)cc1Cl. The summed E-state index contributed by atoms with van der Waals surface area (Å²) in [5.41, 5.74) is 0.899. The number of halogens is 2. The van der Waals surface area contributed by atoms with Gasteiger partial charge in [-0.25, -0.2) is 0 Å². The number of hydrogen-bond donors (Lipinski definition) is 2. The lowest BCUT2D eigenvalue weighted by molar-refractivity contribution is -0.879. The summed E-state index contributed by atoms with van der Waals surface area (Å²) in [6.45, 7) is 4.69. The van der Waals surface area contributed by atoms with Gasteiger partial charge in [-0.05, 0) is 24.6 Å². The van der Waals surface area contributed by atoms with Crippen LogP contribution in [0.15, 0.2) is 18.2 Å². The molecule has 0 aromatic heterocycles. The maximum absolute atomic E-state index is 12.0. The maximum atomic E-state index is 12.0. The molecule has 1 atom stereocenters. The van der Waals surface area contributed by atoms with Gasteiger partial charge >= 0.3 is 0 Å². The molecule has 3 nitrogen and oxygen atoms in total. The Hall–Kier alpha value is -0.770. The Kier molecular flexibility index (Phi) is 5.08. The molecule has 1 fully saturated rings. The molecule has 1 aliphatic rings. The molecule has 1 heterocycles. The molecule has 0 radical (unpaired) electrons. The lowest BCUT2D eigenvalue weighted by atomic mass is 10.1. The van der Waals surface area contributed by atoms with Crippen molar-refractivity contribution in [2.24, 2.45) is 0 Å². The molecular weight excluding hydrogens is 283 g/mol. The number of nitrogens with one attached hydrogen (secondary N) is 2. The third-order valence-electron chi connectivity index (χ3n) is 3.53. The number of amides is 1. The molecular formula is C14H19Cl2N2O+. The number of carbonyl (C=O) groups excluding carboxylic acids is 1. The normalized spacial score (nSPS) is 17.4. The van der Waals surface area contributed by atoms with Gasteiger partial charge < -0.3 is 10.2 Å². The minimum Gasteiger partial charge on any atom is -0.345 e. The number of hydrogen-bond acceptors (Lipinski definition) is 1. The molecule has 0 saturated carbocycles. The van der Waals surface area contributed by atoms with Crippen LogP contribution in [-0.4, -0.2) is 25.5 Å². The van der Waals surface area contributed by atoms with Gasteiger partial charge in [-0.3, -0.25) is 4.79 Å². The van der Waals surface area contributed by atoms with E-state index in [0.29, 0.717) is 16.6 Å². The van der Waals surface area contributed by atoms with Crippen molar-refractivity contribution in [1.29, 1.82) is 0 Å². The standard InChI is InChI=1S/C14H18Cl2N2O/c1-10(12-5-4-11(15)8-13(12)16)17-14(19)9-18-6-2-3-7-18/h4-5,8,10H,2-3,6-7,9H2,1H3,(H,17,19)/p+1/t10-/m1/s1. The Morgan fingerprint density at radius 1 is 1.37 bits per heavy atom. The molecule has 5 heteroatoms. The van der Waals surface area contributed by atoms with Crippen molar-refractivity contribution in [2.45, 2.75) is 25.8 Å². The smallest absolute Gasteiger partial charge is 0.275 e. The molecule has 2 rings (SSSR count). The molecule has 0 aliphatic carbocycles. The first-order valence-corrected chi connectivity index (χ1v) is 7.39. The van der Waals surface area contributed by atoms with Crippen LogP contribution in [-0.2, 0) is 4.79 Å². The lowest BCUT2D eigenvalue weighted by Crippen LogP contribution is -3.11. The van der Waals surface area contributed by atoms with Crippen molar-refractivity contribution >= 4 is 29.1 Å². The molecule has 1 amide bonds. The highest BCUT2D eigenvalue weighted by Gasteiger charge is 2.20. The predicted octanol–water partition coefficient (Wildman–Crippen LogP) is 1.85. The van der Waals surface area contributed by atoms with Gasteiger partial charge in [0.2, 0.25) is 0 Å². The Morgan fingerprint density at radius 2 is 2.05 bits per heavy atom. The summed E-state index contributed by atoms with van der Waals surface area (Å²) in [7, 11) is 0. The molecule has 0 bridgehead atoms. The third-order valence-corrected chi connectivity index (χ3v) is 4.09. The summed E-state index contributed by atoms with van der Waals surface area (Å²) >= 11 is 12.0. The quantitative estimate of drug-likeness (QED) is 0.874. The van der Waals surface area contributed by atoms with Crippen LogP contribution in [0.3, 0.4) is 0 Å². The van der Waals surface area contributed by atoms with E-state index in [-0.39, 0.29) is 11.9 Å². The van der Waals surface area contributed by atoms with E-state index >= 15 is 0 Å². The minimum atomic E-state index is -0.0979. The van der Waals surface area contributed by atoms with Gasteiger partial charge in [-0.1, -0.05) is 29.3 Å². The topological polar surface area (TPSA) is 33.5 Å². The van der Waals surface area contributed by atoms with Crippen molar-refractivity contribution < 1.29 is 9.69 Å². The summed E-state index contributed by atoms with van der Waals surface area (Å²) in [5, 5.41) is 4.19. The van der Waals surface area contributed by atoms with E-state index in [1.807, 2.05) is 13.0 Å². The zero-order valence-electron chi connectivity index (χ0n) is 11.0. The highest BCUT2D eigenvalue weighted by molar-refractivity contribution is 6.35. The summed E-state index contributed by atoms with van der Waals surface area (Å²) in [6.07, 6.45) is 2.45. The fourth-order valence-electron chi connectivity index (χ4n) is 2.50. The van der Waals surface area contributed by atoms with E-state index in [1.165, 1.54) is 17.7 Å². The van der Waals surface area contributed by atoms with Gasteiger partial charge in [0.25, 0.3) is 5.91 Å². The van der Waals surface area contributed by atoms with E-state index in [2.05, 4.69) is 5.32 Å². The number of rotatable bonds is 4. The third kappa shape index (κ3) is 4.10. The molecule has 19 heavy (non-hydrogen) atoms. The number of benzene rings is 1. The van der Waals surface area contributed by atoms with Crippen molar-refractivity contribution in [3.8, 4) is 0 Å². The molecule has 0 unspecified atom stereocenters. The van der Waals surface area contributed by atoms with Crippen LogP contribution >= 0.6 is 23.2 Å². The van der Waals surface area contributed by atoms with Crippen LogP contribution in [0.4, 0.5) is 0 Å². The van der Waals surface area contributed by atoms with E-state index in [0.717, 1.165) is 18.7 Å². The van der Waals surface area contributed by atoms with Crippen LogP contribution in [0.25, 0.3) is 0 Å². The number of quaternary nitrogens is 1. The lowest BCUT2D eigenvalue weighted by Gasteiger charge is -2.17. The highest BCUT2D eigenvalue weighted by atomic mass is 35.5. The fraction of sp³-hybridized carbons (Fsp3) is 0.500. The summed E-state index contributed by atoms with van der Waals surface area (Å²) in [6, 6.07) is 5.25. The van der Waals surface area contributed by atoms with Crippen molar-refractivity contribution in [1.82, 2.24) is 5.32 Å². The van der Waals surface area contributed by atoms with Gasteiger partial charge in [-0.2, -0.15) is 0 Å². The van der Waals surface area contributed by atoms with Crippen LogP contribution in [0, 0.1) is 0 Å². The van der Waals surface area contributed by atoms with Gasteiger partial charge in [0.15, 0.2) is 6.54 Å². The fourth-order valence-corrected chi connectivity index (χ4v) is 3.07. The maximum Gasteiger partial charge on any atom is 0.275 e. The van der Waals surface area contributed by atoms with Gasteiger partial charge in [-0.15, -0.1) is 0 Å². The Bertz CT molecular complexity index is 459. The Balaban J connectivity index is 1.92. The molecule has 0 spiro atoms. The van der Waals surface area contributed by atoms with Crippen molar-refractivity contribution in [2.75, 3.05) is 19.6 Å². The van der Waals surface area contributed by atoms with E-state index in [4.69, 9.17) is 23.2 Å². The number of carbonyl (C=O) groups is 1. The first kappa shape index (κ1) is 14.6. The monoisotopic (exact) mass is 301 g/mol. The molecule has 1 aromatic carbocycles. The van der Waals surface area contributed by atoms with Crippen molar-refractivity contribution in [3.05, 3.63) is 33.8 Å². The summed E-state index contributed by atoms with van der Waals surface area (Å²) < 4.78 is 0. The average Bonchev–Trinajstić information content (AvgIpc) is 2.81. The summed E-state index contributed by atoms with van der Waals surface area (Å²) in [5.74, 6) is 0.0791. The zero-order chi connectivity index (χ0) is 13.8. The van der Waals surface area contributed by atoms with Crippen LogP contribution < -0.4 is 10.2 Å². The predicted molar refractivity (Wildman–Crippen MR) is 77.8 cm³/mol. The second-order valence-corrected chi connectivity index (χ2v) is 5.93. The van der Waals surface area contributed by atoms with Crippen molar-refractivity contribution in [3.63, 3.8) is 0 Å². The molecule has 104 valence electrons. The van der Waals surface area contributed by atoms with E-state index in [9.17, 15) is 4.79 Å². The molecule has 2 N–H and O–H groups in total. The van der Waals surface area contributed by atoms with Gasteiger partial charge in [0.1, 0.15) is 0 Å².